The van der Waals surface area contributed by atoms with E-state index >= 15 is 0 Å². The molecular formula is C17H22Cl3N3OS. The monoisotopic (exact) mass is 421 g/mol. The largest absolute Gasteiger partial charge is 0.342 e. The van der Waals surface area contributed by atoms with Gasteiger partial charge in [-0.15, -0.1) is 36.2 Å². The van der Waals surface area contributed by atoms with Gasteiger partial charge in [0.25, 0.3) is 0 Å². The van der Waals surface area contributed by atoms with Crippen molar-refractivity contribution in [1.29, 1.82) is 0 Å². The van der Waals surface area contributed by atoms with Crippen molar-refractivity contribution in [3.63, 3.8) is 0 Å². The Labute approximate surface area is 169 Å². The van der Waals surface area contributed by atoms with Gasteiger partial charge in [0.1, 0.15) is 5.01 Å². The maximum absolute atomic E-state index is 12.5. The number of carbonyl (C=O) groups excluding carboxylic acids is 1. The average molecular weight is 423 g/mol. The predicted octanol–water partition coefficient (Wildman–Crippen LogP) is 4.05. The van der Waals surface area contributed by atoms with Crippen LogP contribution in [-0.2, 0) is 11.2 Å². The molecule has 1 saturated heterocycles. The predicted molar refractivity (Wildman–Crippen MR) is 109 cm³/mol. The van der Waals surface area contributed by atoms with Crippen molar-refractivity contribution < 1.29 is 4.79 Å². The number of nitrogens with zero attached hydrogens (tertiary/aromatic N) is 2. The molecule has 3 rings (SSSR count). The summed E-state index contributed by atoms with van der Waals surface area (Å²) >= 11 is 7.72. The molecule has 8 heteroatoms. The van der Waals surface area contributed by atoms with E-state index in [0.717, 1.165) is 35.8 Å². The first-order chi connectivity index (χ1) is 11.0. The zero-order valence-electron chi connectivity index (χ0n) is 13.9. The molecule has 1 aliphatic rings. The molecule has 1 aromatic carbocycles. The SMILES string of the molecule is CC1(CN)CCN(C(=O)Cc2csc(-c3ccccc3Cl)n2)C1.Cl.Cl. The summed E-state index contributed by atoms with van der Waals surface area (Å²) in [5.74, 6) is 0.123. The highest BCUT2D eigenvalue weighted by atomic mass is 35.5. The molecule has 0 spiro atoms. The minimum absolute atomic E-state index is 0. The van der Waals surface area contributed by atoms with Gasteiger partial charge < -0.3 is 10.6 Å². The van der Waals surface area contributed by atoms with Crippen LogP contribution in [0.4, 0.5) is 0 Å². The van der Waals surface area contributed by atoms with Gasteiger partial charge in [0.05, 0.1) is 17.1 Å². The number of thiazole rings is 1. The van der Waals surface area contributed by atoms with Crippen molar-refractivity contribution in [3.8, 4) is 10.6 Å². The number of halogens is 3. The van der Waals surface area contributed by atoms with E-state index in [1.54, 1.807) is 0 Å². The maximum Gasteiger partial charge on any atom is 0.228 e. The first-order valence-electron chi connectivity index (χ1n) is 7.68. The second-order valence-electron chi connectivity index (χ2n) is 6.38. The number of nitrogens with two attached hydrogens (primary N) is 1. The molecule has 0 saturated carbocycles. The van der Waals surface area contributed by atoms with E-state index in [4.69, 9.17) is 17.3 Å². The minimum atomic E-state index is 0. The lowest BCUT2D eigenvalue weighted by molar-refractivity contribution is -0.129. The van der Waals surface area contributed by atoms with Gasteiger partial charge in [-0.1, -0.05) is 36.7 Å². The van der Waals surface area contributed by atoms with E-state index in [1.165, 1.54) is 11.3 Å². The molecular weight excluding hydrogens is 401 g/mol. The summed E-state index contributed by atoms with van der Waals surface area (Å²) in [5, 5.41) is 3.47. The van der Waals surface area contributed by atoms with Crippen molar-refractivity contribution in [1.82, 2.24) is 9.88 Å². The number of hydrogen-bond acceptors (Lipinski definition) is 4. The third kappa shape index (κ3) is 5.08. The van der Waals surface area contributed by atoms with Crippen LogP contribution < -0.4 is 5.73 Å². The number of benzene rings is 1. The molecule has 2 N–H and O–H groups in total. The quantitative estimate of drug-likeness (QED) is 0.808. The molecule has 25 heavy (non-hydrogen) atoms. The van der Waals surface area contributed by atoms with Gasteiger partial charge in [0, 0.05) is 24.0 Å². The molecule has 138 valence electrons. The fraction of sp³-hybridized carbons (Fsp3) is 0.412. The Morgan fingerprint density at radius 3 is 2.76 bits per heavy atom. The van der Waals surface area contributed by atoms with Crippen LogP contribution >= 0.6 is 47.8 Å². The van der Waals surface area contributed by atoms with Crippen molar-refractivity contribution in [2.75, 3.05) is 19.6 Å². The standard InChI is InChI=1S/C17H20ClN3OS.2ClH/c1-17(10-19)6-7-21(11-17)15(22)8-12-9-23-16(20-12)13-4-2-3-5-14(13)18;;/h2-5,9H,6-8,10-11,19H2,1H3;2*1H. The van der Waals surface area contributed by atoms with Gasteiger partial charge >= 0.3 is 0 Å². The van der Waals surface area contributed by atoms with E-state index in [1.807, 2.05) is 34.5 Å². The molecule has 0 bridgehead atoms. The molecule has 1 atom stereocenters. The van der Waals surface area contributed by atoms with Crippen molar-refractivity contribution in [2.45, 2.75) is 19.8 Å². The molecule has 1 unspecified atom stereocenters. The van der Waals surface area contributed by atoms with Crippen LogP contribution in [0.15, 0.2) is 29.6 Å². The fourth-order valence-corrected chi connectivity index (χ4v) is 3.96. The first-order valence-corrected chi connectivity index (χ1v) is 8.94. The molecule has 2 heterocycles. The lowest BCUT2D eigenvalue weighted by Crippen LogP contribution is -2.35. The van der Waals surface area contributed by atoms with Gasteiger partial charge in [0.2, 0.25) is 5.91 Å². The molecule has 1 aliphatic heterocycles. The number of rotatable bonds is 4. The second-order valence-corrected chi connectivity index (χ2v) is 7.65. The Bertz CT molecular complexity index is 725. The summed E-state index contributed by atoms with van der Waals surface area (Å²) in [6.45, 7) is 4.28. The highest BCUT2D eigenvalue weighted by Crippen LogP contribution is 2.31. The summed E-state index contributed by atoms with van der Waals surface area (Å²) in [6, 6.07) is 7.62. The number of amides is 1. The summed E-state index contributed by atoms with van der Waals surface area (Å²) in [5.41, 5.74) is 7.57. The Kier molecular flexibility index (Phi) is 8.16. The summed E-state index contributed by atoms with van der Waals surface area (Å²) in [6.07, 6.45) is 1.30. The molecule has 1 fully saturated rings. The minimum Gasteiger partial charge on any atom is -0.342 e. The van der Waals surface area contributed by atoms with Crippen LogP contribution in [0.2, 0.25) is 5.02 Å². The molecule has 2 aromatic rings. The van der Waals surface area contributed by atoms with E-state index in [-0.39, 0.29) is 36.1 Å². The van der Waals surface area contributed by atoms with Crippen molar-refractivity contribution in [3.05, 3.63) is 40.4 Å². The molecule has 1 amide bonds. The summed E-state index contributed by atoms with van der Waals surface area (Å²) < 4.78 is 0. The Balaban J connectivity index is 0.00000156. The van der Waals surface area contributed by atoms with Crippen LogP contribution in [0.5, 0.6) is 0 Å². The van der Waals surface area contributed by atoms with Crippen LogP contribution in [0.25, 0.3) is 10.6 Å². The Morgan fingerprint density at radius 1 is 1.40 bits per heavy atom. The average Bonchev–Trinajstić information content (AvgIpc) is 3.15. The Hall–Kier alpha value is -0.850. The lowest BCUT2D eigenvalue weighted by Gasteiger charge is -2.22. The van der Waals surface area contributed by atoms with Crippen LogP contribution in [0.1, 0.15) is 19.0 Å². The fourth-order valence-electron chi connectivity index (χ4n) is 2.82. The van der Waals surface area contributed by atoms with Crippen LogP contribution in [0, 0.1) is 5.41 Å². The smallest absolute Gasteiger partial charge is 0.228 e. The number of likely N-dealkylation sites (tertiary alicyclic amines) is 1. The van der Waals surface area contributed by atoms with Gasteiger partial charge in [-0.05, 0) is 24.4 Å². The third-order valence-corrected chi connectivity index (χ3v) is 5.65. The topological polar surface area (TPSA) is 59.2 Å². The maximum atomic E-state index is 12.5. The number of hydrogen-bond donors (Lipinski definition) is 1. The van der Waals surface area contributed by atoms with Crippen molar-refractivity contribution >= 4 is 53.7 Å². The highest BCUT2D eigenvalue weighted by Gasteiger charge is 2.34. The zero-order valence-corrected chi connectivity index (χ0v) is 17.1. The van der Waals surface area contributed by atoms with Gasteiger partial charge in [0.15, 0.2) is 0 Å². The third-order valence-electron chi connectivity index (χ3n) is 4.39. The number of aromatic nitrogens is 1. The Morgan fingerprint density at radius 2 is 2.12 bits per heavy atom. The van der Waals surface area contributed by atoms with E-state index in [9.17, 15) is 4.79 Å². The van der Waals surface area contributed by atoms with Crippen LogP contribution in [-0.4, -0.2) is 35.4 Å². The zero-order chi connectivity index (χ0) is 16.4. The van der Waals surface area contributed by atoms with Crippen LogP contribution in [0.3, 0.4) is 0 Å². The van der Waals surface area contributed by atoms with Crippen molar-refractivity contribution in [2.24, 2.45) is 11.1 Å². The second kappa shape index (κ2) is 9.19. The summed E-state index contributed by atoms with van der Waals surface area (Å²) in [4.78, 5) is 18.9. The molecule has 0 aliphatic carbocycles. The van der Waals surface area contributed by atoms with E-state index in [0.29, 0.717) is 18.0 Å². The van der Waals surface area contributed by atoms with E-state index in [2.05, 4.69) is 11.9 Å². The highest BCUT2D eigenvalue weighted by molar-refractivity contribution is 7.13. The molecule has 1 aromatic heterocycles. The van der Waals surface area contributed by atoms with Gasteiger partial charge in [-0.3, -0.25) is 4.79 Å². The lowest BCUT2D eigenvalue weighted by atomic mass is 9.90. The van der Waals surface area contributed by atoms with E-state index < -0.39 is 0 Å². The number of carbonyl (C=O) groups is 1. The molecule has 4 nitrogen and oxygen atoms in total. The van der Waals surface area contributed by atoms with Gasteiger partial charge in [-0.2, -0.15) is 0 Å². The first kappa shape index (κ1) is 22.2. The van der Waals surface area contributed by atoms with Gasteiger partial charge in [-0.25, -0.2) is 4.98 Å². The molecule has 0 radical (unpaired) electrons. The normalized spacial score (nSPS) is 19.2. The summed E-state index contributed by atoms with van der Waals surface area (Å²) in [7, 11) is 0.